The quantitative estimate of drug-likeness (QED) is 0.678. The maximum absolute atomic E-state index is 5.41. The highest BCUT2D eigenvalue weighted by Crippen LogP contribution is 2.29. The molecule has 0 N–H and O–H groups in total. The largest absolute Gasteiger partial charge is 0.292 e. The molecule has 1 saturated heterocycles. The molecule has 0 amide bonds. The Morgan fingerprint density at radius 2 is 1.72 bits per heavy atom. The molecule has 0 atom stereocenters. The lowest BCUT2D eigenvalue weighted by Crippen LogP contribution is -2.33. The first-order valence-corrected chi connectivity index (χ1v) is 8.81. The van der Waals surface area contributed by atoms with Crippen LogP contribution < -0.4 is 0 Å². The number of terminal acetylenes is 1. The summed E-state index contributed by atoms with van der Waals surface area (Å²) in [6.07, 6.45) is 9.62. The first-order chi connectivity index (χ1) is 12.3. The van der Waals surface area contributed by atoms with Crippen LogP contribution in [0.5, 0.6) is 0 Å². The molecule has 0 spiro atoms. The van der Waals surface area contributed by atoms with Crippen molar-refractivity contribution in [2.75, 3.05) is 19.6 Å². The Morgan fingerprint density at radius 1 is 1.00 bits per heavy atom. The van der Waals surface area contributed by atoms with E-state index >= 15 is 0 Å². The number of para-hydroxylation sites is 2. The highest BCUT2D eigenvalue weighted by Gasteiger charge is 2.19. The summed E-state index contributed by atoms with van der Waals surface area (Å²) < 4.78 is 0. The molecule has 0 radical (unpaired) electrons. The van der Waals surface area contributed by atoms with E-state index in [0.29, 0.717) is 5.92 Å². The fraction of sp³-hybridized carbons (Fsp3) is 0.273. The van der Waals surface area contributed by atoms with E-state index in [0.717, 1.165) is 41.9 Å². The van der Waals surface area contributed by atoms with E-state index in [4.69, 9.17) is 11.4 Å². The molecule has 1 fully saturated rings. The lowest BCUT2D eigenvalue weighted by atomic mass is 9.89. The van der Waals surface area contributed by atoms with Gasteiger partial charge in [0.25, 0.3) is 0 Å². The van der Waals surface area contributed by atoms with Crippen LogP contribution in [0.1, 0.15) is 24.3 Å². The molecule has 1 aliphatic heterocycles. The zero-order chi connectivity index (χ0) is 17.1. The molecular weight excluding hydrogens is 306 g/mol. The predicted molar refractivity (Wildman–Crippen MR) is 102 cm³/mol. The molecule has 124 valence electrons. The van der Waals surface area contributed by atoms with Gasteiger partial charge in [0.15, 0.2) is 0 Å². The molecule has 1 aliphatic rings. The van der Waals surface area contributed by atoms with Crippen molar-refractivity contribution in [3.05, 3.63) is 60.3 Å². The van der Waals surface area contributed by atoms with Gasteiger partial charge in [-0.05, 0) is 49.5 Å². The maximum Gasteiger partial charge on any atom is 0.0894 e. The van der Waals surface area contributed by atoms with Crippen molar-refractivity contribution in [3.8, 4) is 23.6 Å². The van der Waals surface area contributed by atoms with Crippen LogP contribution in [0.25, 0.3) is 22.3 Å². The molecule has 2 aromatic carbocycles. The minimum absolute atomic E-state index is 0.630. The van der Waals surface area contributed by atoms with Gasteiger partial charge >= 0.3 is 0 Å². The van der Waals surface area contributed by atoms with Gasteiger partial charge in [0.05, 0.1) is 29.5 Å². The van der Waals surface area contributed by atoms with E-state index < -0.39 is 0 Å². The Kier molecular flexibility index (Phi) is 4.45. The molecule has 25 heavy (non-hydrogen) atoms. The Labute approximate surface area is 148 Å². The summed E-state index contributed by atoms with van der Waals surface area (Å²) in [5.41, 5.74) is 5.32. The third kappa shape index (κ3) is 3.40. The van der Waals surface area contributed by atoms with Gasteiger partial charge in [0.2, 0.25) is 0 Å². The van der Waals surface area contributed by atoms with Crippen LogP contribution in [0.3, 0.4) is 0 Å². The van der Waals surface area contributed by atoms with Crippen LogP contribution in [0.4, 0.5) is 0 Å². The summed E-state index contributed by atoms with van der Waals surface area (Å²) in [4.78, 5) is 11.6. The maximum atomic E-state index is 5.41. The molecule has 3 nitrogen and oxygen atoms in total. The van der Waals surface area contributed by atoms with E-state index in [1.165, 1.54) is 18.4 Å². The molecule has 0 bridgehead atoms. The van der Waals surface area contributed by atoms with Crippen molar-refractivity contribution in [1.29, 1.82) is 0 Å². The molecule has 1 aromatic heterocycles. The van der Waals surface area contributed by atoms with Crippen LogP contribution in [0, 0.1) is 12.3 Å². The molecule has 3 aromatic rings. The van der Waals surface area contributed by atoms with E-state index in [-0.39, 0.29) is 0 Å². The van der Waals surface area contributed by atoms with Crippen molar-refractivity contribution in [2.24, 2.45) is 0 Å². The lowest BCUT2D eigenvalue weighted by Gasteiger charge is -2.30. The van der Waals surface area contributed by atoms with Gasteiger partial charge in [-0.15, -0.1) is 6.42 Å². The molecule has 0 aliphatic carbocycles. The van der Waals surface area contributed by atoms with E-state index in [2.05, 4.69) is 40.1 Å². The molecular formula is C22H21N3. The van der Waals surface area contributed by atoms with Crippen LogP contribution in [0.15, 0.2) is 54.7 Å². The molecule has 0 saturated carbocycles. The number of piperidine rings is 1. The second-order valence-electron chi connectivity index (χ2n) is 6.62. The first-order valence-electron chi connectivity index (χ1n) is 8.81. The highest BCUT2D eigenvalue weighted by atomic mass is 15.1. The topological polar surface area (TPSA) is 29.0 Å². The van der Waals surface area contributed by atoms with E-state index in [1.807, 2.05) is 30.5 Å². The SMILES string of the molecule is C#CCN1CCC(c2ccc(-c3cnc4ccccc4n3)cc2)CC1. The minimum atomic E-state index is 0.630. The summed E-state index contributed by atoms with van der Waals surface area (Å²) in [5, 5.41) is 0. The van der Waals surface area contributed by atoms with Crippen LogP contribution in [0.2, 0.25) is 0 Å². The van der Waals surface area contributed by atoms with Crippen LogP contribution in [-0.4, -0.2) is 34.5 Å². The van der Waals surface area contributed by atoms with Gasteiger partial charge in [-0.3, -0.25) is 9.88 Å². The number of rotatable bonds is 3. The summed E-state index contributed by atoms with van der Waals surface area (Å²) in [7, 11) is 0. The number of benzene rings is 2. The van der Waals surface area contributed by atoms with Crippen molar-refractivity contribution in [1.82, 2.24) is 14.9 Å². The number of nitrogens with zero attached hydrogens (tertiary/aromatic N) is 3. The Balaban J connectivity index is 1.51. The van der Waals surface area contributed by atoms with Crippen molar-refractivity contribution < 1.29 is 0 Å². The monoisotopic (exact) mass is 327 g/mol. The molecule has 0 unspecified atom stereocenters. The van der Waals surface area contributed by atoms with Gasteiger partial charge in [-0.2, -0.15) is 0 Å². The Bertz CT molecular complexity index is 900. The fourth-order valence-electron chi connectivity index (χ4n) is 3.58. The highest BCUT2D eigenvalue weighted by molar-refractivity contribution is 5.76. The Hall–Kier alpha value is -2.70. The number of hydrogen-bond acceptors (Lipinski definition) is 3. The third-order valence-corrected chi connectivity index (χ3v) is 5.03. The van der Waals surface area contributed by atoms with Gasteiger partial charge in [0, 0.05) is 5.56 Å². The zero-order valence-electron chi connectivity index (χ0n) is 14.2. The summed E-state index contributed by atoms with van der Waals surface area (Å²) in [5.74, 6) is 3.37. The van der Waals surface area contributed by atoms with E-state index in [1.54, 1.807) is 0 Å². The second kappa shape index (κ2) is 7.04. The smallest absolute Gasteiger partial charge is 0.0894 e. The first kappa shape index (κ1) is 15.8. The summed E-state index contributed by atoms with van der Waals surface area (Å²) in [6.45, 7) is 2.95. The second-order valence-corrected chi connectivity index (χ2v) is 6.62. The summed E-state index contributed by atoms with van der Waals surface area (Å²) in [6, 6.07) is 16.8. The predicted octanol–water partition coefficient (Wildman–Crippen LogP) is 4.11. The third-order valence-electron chi connectivity index (χ3n) is 5.03. The van der Waals surface area contributed by atoms with Crippen LogP contribution >= 0.6 is 0 Å². The zero-order valence-corrected chi connectivity index (χ0v) is 14.2. The van der Waals surface area contributed by atoms with Gasteiger partial charge in [-0.25, -0.2) is 4.98 Å². The van der Waals surface area contributed by atoms with Gasteiger partial charge in [0.1, 0.15) is 0 Å². The Morgan fingerprint density at radius 3 is 2.44 bits per heavy atom. The van der Waals surface area contributed by atoms with Gasteiger partial charge < -0.3 is 0 Å². The van der Waals surface area contributed by atoms with E-state index in [9.17, 15) is 0 Å². The normalized spacial score (nSPS) is 16.0. The fourth-order valence-corrected chi connectivity index (χ4v) is 3.58. The van der Waals surface area contributed by atoms with Crippen molar-refractivity contribution >= 4 is 11.0 Å². The van der Waals surface area contributed by atoms with Crippen molar-refractivity contribution in [2.45, 2.75) is 18.8 Å². The number of aromatic nitrogens is 2. The molecule has 3 heteroatoms. The average molecular weight is 327 g/mol. The number of hydrogen-bond donors (Lipinski definition) is 0. The minimum Gasteiger partial charge on any atom is -0.292 e. The molecule has 4 rings (SSSR count). The van der Waals surface area contributed by atoms with Crippen LogP contribution in [-0.2, 0) is 0 Å². The summed E-state index contributed by atoms with van der Waals surface area (Å²) >= 11 is 0. The lowest BCUT2D eigenvalue weighted by molar-refractivity contribution is 0.236. The number of fused-ring (bicyclic) bond motifs is 1. The van der Waals surface area contributed by atoms with Crippen molar-refractivity contribution in [3.63, 3.8) is 0 Å². The van der Waals surface area contributed by atoms with Gasteiger partial charge in [-0.1, -0.05) is 42.3 Å². The average Bonchev–Trinajstić information content (AvgIpc) is 2.69. The number of likely N-dealkylation sites (tertiary alicyclic amines) is 1. The standard InChI is InChI=1S/C22H21N3/c1-2-13-25-14-11-18(12-15-25)17-7-9-19(10-8-17)22-16-23-20-5-3-4-6-21(20)24-22/h1,3-10,16,18H,11-15H2. The molecule has 2 heterocycles.